The van der Waals surface area contributed by atoms with E-state index in [-0.39, 0.29) is 6.04 Å². The lowest BCUT2D eigenvalue weighted by molar-refractivity contribution is 0.663. The molecule has 0 saturated heterocycles. The second-order valence-electron chi connectivity index (χ2n) is 20.0. The van der Waals surface area contributed by atoms with Crippen molar-refractivity contribution in [3.8, 4) is 11.1 Å². The molecular weight excluding hydrogens is 933 g/mol. The Morgan fingerprint density at radius 2 is 0.584 bits per heavy atom. The Morgan fingerprint density at radius 3 is 1.00 bits per heavy atom. The van der Waals surface area contributed by atoms with Crippen molar-refractivity contribution < 1.29 is 0 Å². The van der Waals surface area contributed by atoms with Crippen LogP contribution in [0.15, 0.2) is 315 Å². The second-order valence-corrected chi connectivity index (χ2v) is 20.0. The van der Waals surface area contributed by atoms with E-state index in [0.29, 0.717) is 0 Å². The molecule has 3 aliphatic rings. The summed E-state index contributed by atoms with van der Waals surface area (Å²) in [6, 6.07) is 108. The van der Waals surface area contributed by atoms with Gasteiger partial charge in [-0.3, -0.25) is 0 Å². The van der Waals surface area contributed by atoms with Crippen LogP contribution in [0.1, 0.15) is 28.7 Å². The Kier molecular flexibility index (Phi) is 11.5. The fraction of sp³-hybridized carbons (Fsp3) is 0.0411. The average Bonchev–Trinajstić information content (AvgIpc) is 3.88. The fourth-order valence-electron chi connectivity index (χ4n) is 12.6. The molecule has 0 bridgehead atoms. The summed E-state index contributed by atoms with van der Waals surface area (Å²) in [5.74, 6) is 0. The molecule has 4 heteroatoms. The Hall–Kier alpha value is -9.90. The van der Waals surface area contributed by atoms with Gasteiger partial charge in [-0.05, 0) is 184 Å². The predicted molar refractivity (Wildman–Crippen MR) is 322 cm³/mol. The Balaban J connectivity index is 0.888. The van der Waals surface area contributed by atoms with Gasteiger partial charge in [-0.25, -0.2) is 0 Å². The molecule has 1 spiro atoms. The Bertz CT molecular complexity index is 3810. The molecule has 3 aliphatic carbocycles. The molecule has 0 amide bonds. The van der Waals surface area contributed by atoms with E-state index in [4.69, 9.17) is 0 Å². The minimum Gasteiger partial charge on any atom is -0.334 e. The number of para-hydroxylation sites is 6. The molecule has 0 fully saturated rings. The highest BCUT2D eigenvalue weighted by atomic mass is 15.2. The van der Waals surface area contributed by atoms with E-state index in [1.807, 2.05) is 0 Å². The van der Waals surface area contributed by atoms with Crippen molar-refractivity contribution in [1.82, 2.24) is 0 Å². The molecule has 4 nitrogen and oxygen atoms in total. The molecule has 77 heavy (non-hydrogen) atoms. The first-order valence-electron chi connectivity index (χ1n) is 26.7. The smallest absolute Gasteiger partial charge is 0.0690 e. The van der Waals surface area contributed by atoms with Gasteiger partial charge < -0.3 is 19.6 Å². The van der Waals surface area contributed by atoms with Gasteiger partial charge >= 0.3 is 0 Å². The van der Waals surface area contributed by atoms with Crippen LogP contribution in [-0.2, 0) is 5.41 Å². The molecule has 1 unspecified atom stereocenters. The summed E-state index contributed by atoms with van der Waals surface area (Å²) >= 11 is 0. The molecule has 14 rings (SSSR count). The van der Waals surface area contributed by atoms with Gasteiger partial charge in [0, 0.05) is 62.6 Å². The van der Waals surface area contributed by atoms with Crippen LogP contribution in [0.25, 0.3) is 16.7 Å². The zero-order chi connectivity index (χ0) is 51.1. The van der Waals surface area contributed by atoms with Gasteiger partial charge in [-0.15, -0.1) is 0 Å². The summed E-state index contributed by atoms with van der Waals surface area (Å²) in [6.07, 6.45) is 5.71. The van der Waals surface area contributed by atoms with E-state index in [1.54, 1.807) is 0 Å². The molecule has 0 aromatic heterocycles. The molecule has 0 aliphatic heterocycles. The second kappa shape index (κ2) is 19.4. The summed E-state index contributed by atoms with van der Waals surface area (Å²) in [4.78, 5) is 9.62. The molecule has 0 radical (unpaired) electrons. The van der Waals surface area contributed by atoms with Crippen LogP contribution in [0, 0.1) is 0 Å². The average molecular weight is 987 g/mol. The minimum atomic E-state index is -0.535. The zero-order valence-electron chi connectivity index (χ0n) is 42.5. The topological polar surface area (TPSA) is 13.0 Å². The van der Waals surface area contributed by atoms with Gasteiger partial charge in [0.25, 0.3) is 0 Å². The van der Waals surface area contributed by atoms with Crippen molar-refractivity contribution in [1.29, 1.82) is 0 Å². The number of hydrogen-bond donors (Lipinski definition) is 0. The first-order valence-corrected chi connectivity index (χ1v) is 26.7. The summed E-state index contributed by atoms with van der Waals surface area (Å²) in [5, 5.41) is 0. The summed E-state index contributed by atoms with van der Waals surface area (Å²) in [6.45, 7) is 0. The van der Waals surface area contributed by atoms with Gasteiger partial charge in [-0.2, -0.15) is 0 Å². The summed E-state index contributed by atoms with van der Waals surface area (Å²) in [7, 11) is 0. The van der Waals surface area contributed by atoms with E-state index in [0.717, 1.165) is 69.0 Å². The van der Waals surface area contributed by atoms with Crippen molar-refractivity contribution in [2.24, 2.45) is 0 Å². The molecule has 11 aromatic rings. The quantitative estimate of drug-likeness (QED) is 0.121. The van der Waals surface area contributed by atoms with Crippen LogP contribution in [0.2, 0.25) is 0 Å². The van der Waals surface area contributed by atoms with Gasteiger partial charge in [0.15, 0.2) is 0 Å². The predicted octanol–water partition coefficient (Wildman–Crippen LogP) is 19.3. The molecule has 0 saturated carbocycles. The standard InChI is InChI=1S/C73H54N4/c1-7-23-53(24-8-1)74(54-25-9-2-10-26-54)59-39-43-61(44-40-59)76(57-31-15-5-16-32-57)63-47-49-67-68-50-48-64(52-72(68)73(71(67)51-63)69-37-21-19-35-65(69)66-36-20-22-38-70(66)73)77(58-33-17-6-18-34-58)62-45-41-60(42-46-62)75(55-27-11-3-12-28-55)56-29-13-4-14-30-56/h1-51,64H,52H2. The third kappa shape index (κ3) is 7.84. The molecule has 11 aromatic carbocycles. The molecule has 0 heterocycles. The Morgan fingerprint density at radius 1 is 0.273 bits per heavy atom. The van der Waals surface area contributed by atoms with Gasteiger partial charge in [-0.1, -0.05) is 176 Å². The highest BCUT2D eigenvalue weighted by Crippen LogP contribution is 2.64. The molecular formula is C73H54N4. The van der Waals surface area contributed by atoms with E-state index in [2.05, 4.69) is 329 Å². The van der Waals surface area contributed by atoms with Crippen LogP contribution in [0.4, 0.5) is 62.6 Å². The van der Waals surface area contributed by atoms with Crippen LogP contribution < -0.4 is 19.6 Å². The molecule has 0 N–H and O–H groups in total. The van der Waals surface area contributed by atoms with Crippen molar-refractivity contribution in [2.75, 3.05) is 19.6 Å². The number of benzene rings is 11. The lowest BCUT2D eigenvalue weighted by Gasteiger charge is -2.39. The normalized spacial score (nSPS) is 14.3. The van der Waals surface area contributed by atoms with Gasteiger partial charge in [0.1, 0.15) is 0 Å². The highest BCUT2D eigenvalue weighted by molar-refractivity contribution is 5.99. The molecule has 1 atom stereocenters. The van der Waals surface area contributed by atoms with E-state index < -0.39 is 5.41 Å². The Labute approximate surface area is 451 Å². The van der Waals surface area contributed by atoms with E-state index in [1.165, 1.54) is 44.5 Å². The number of hydrogen-bond acceptors (Lipinski definition) is 4. The highest BCUT2D eigenvalue weighted by Gasteiger charge is 2.54. The first-order chi connectivity index (χ1) is 38.2. The number of allylic oxidation sites excluding steroid dienone is 2. The maximum absolute atomic E-state index is 2.55. The van der Waals surface area contributed by atoms with Crippen LogP contribution >= 0.6 is 0 Å². The van der Waals surface area contributed by atoms with Gasteiger partial charge in [0.2, 0.25) is 0 Å². The largest absolute Gasteiger partial charge is 0.334 e. The summed E-state index contributed by atoms with van der Waals surface area (Å²) in [5.41, 5.74) is 22.3. The maximum atomic E-state index is 2.55. The minimum absolute atomic E-state index is 0.0117. The summed E-state index contributed by atoms with van der Waals surface area (Å²) < 4.78 is 0. The zero-order valence-corrected chi connectivity index (χ0v) is 42.5. The number of nitrogens with zero attached hydrogens (tertiary/aromatic N) is 4. The van der Waals surface area contributed by atoms with Crippen LogP contribution in [0.3, 0.4) is 0 Å². The lowest BCUT2D eigenvalue weighted by Crippen LogP contribution is -2.36. The first kappa shape index (κ1) is 45.7. The monoisotopic (exact) mass is 986 g/mol. The van der Waals surface area contributed by atoms with Crippen molar-refractivity contribution >= 4 is 68.1 Å². The van der Waals surface area contributed by atoms with Crippen molar-refractivity contribution in [3.05, 3.63) is 337 Å². The number of anilines is 11. The van der Waals surface area contributed by atoms with Gasteiger partial charge in [0.05, 0.1) is 11.5 Å². The van der Waals surface area contributed by atoms with E-state index in [9.17, 15) is 0 Å². The van der Waals surface area contributed by atoms with Crippen LogP contribution in [0.5, 0.6) is 0 Å². The van der Waals surface area contributed by atoms with Crippen molar-refractivity contribution in [2.45, 2.75) is 17.9 Å². The lowest BCUT2D eigenvalue weighted by atomic mass is 9.67. The maximum Gasteiger partial charge on any atom is 0.0690 e. The number of fused-ring (bicyclic) bond motifs is 9. The van der Waals surface area contributed by atoms with Crippen molar-refractivity contribution in [3.63, 3.8) is 0 Å². The van der Waals surface area contributed by atoms with Crippen LogP contribution in [-0.4, -0.2) is 6.04 Å². The fourth-order valence-corrected chi connectivity index (χ4v) is 12.6. The number of rotatable bonds is 12. The third-order valence-electron chi connectivity index (χ3n) is 15.8. The van der Waals surface area contributed by atoms with E-state index >= 15 is 0 Å². The SMILES string of the molecule is C1=CC(N(c2ccccc2)c2ccc(N(c3ccccc3)c3ccccc3)cc2)CC2=C1c1ccc(N(c3ccccc3)c3ccc(N(c4ccccc4)c4ccccc4)cc3)cc1C21c2ccccc2-c2ccccc21. The molecule has 366 valence electrons. The third-order valence-corrected chi connectivity index (χ3v) is 15.8.